The van der Waals surface area contributed by atoms with Crippen LogP contribution in [0, 0.1) is 20.8 Å². The zero-order valence-corrected chi connectivity index (χ0v) is 15.5. The van der Waals surface area contributed by atoms with Crippen LogP contribution < -0.4 is 5.32 Å². The van der Waals surface area contributed by atoms with Gasteiger partial charge in [-0.3, -0.25) is 9.59 Å². The molecule has 26 heavy (non-hydrogen) atoms. The van der Waals surface area contributed by atoms with Gasteiger partial charge >= 0.3 is 0 Å². The predicted molar refractivity (Wildman–Crippen MR) is 102 cm³/mol. The van der Waals surface area contributed by atoms with Gasteiger partial charge in [0.15, 0.2) is 0 Å². The summed E-state index contributed by atoms with van der Waals surface area (Å²) in [6, 6.07) is 10.9. The predicted octanol–water partition coefficient (Wildman–Crippen LogP) is 3.34. The highest BCUT2D eigenvalue weighted by atomic mass is 16.5. The van der Waals surface area contributed by atoms with Gasteiger partial charge in [0.05, 0.1) is 13.2 Å². The Morgan fingerprint density at radius 1 is 0.923 bits per heavy atom. The zero-order valence-electron chi connectivity index (χ0n) is 15.5. The standard InChI is InChI=1S/C21H24N2O3/c1-14-12-15(2)19(16(3)13-14)22-20(24)17-4-6-18(7-5-17)21(25)23-8-10-26-11-9-23/h4-7,12-13H,8-11H2,1-3H3,(H,22,24). The molecule has 5 nitrogen and oxygen atoms in total. The third kappa shape index (κ3) is 3.94. The van der Waals surface area contributed by atoms with Gasteiger partial charge in [-0.2, -0.15) is 0 Å². The second kappa shape index (κ2) is 7.70. The number of rotatable bonds is 3. The van der Waals surface area contributed by atoms with Crippen LogP contribution in [0.4, 0.5) is 5.69 Å². The van der Waals surface area contributed by atoms with Gasteiger partial charge in [0, 0.05) is 29.9 Å². The summed E-state index contributed by atoms with van der Waals surface area (Å²) in [6.07, 6.45) is 0. The molecule has 1 aliphatic rings. The average molecular weight is 352 g/mol. The Bertz CT molecular complexity index is 799. The number of anilines is 1. The summed E-state index contributed by atoms with van der Waals surface area (Å²) in [5.74, 6) is -0.198. The molecule has 0 aliphatic carbocycles. The van der Waals surface area contributed by atoms with Crippen molar-refractivity contribution in [2.75, 3.05) is 31.6 Å². The van der Waals surface area contributed by atoms with Crippen molar-refractivity contribution in [1.29, 1.82) is 0 Å². The first-order valence-corrected chi connectivity index (χ1v) is 8.82. The summed E-state index contributed by atoms with van der Waals surface area (Å²) in [7, 11) is 0. The fourth-order valence-electron chi connectivity index (χ4n) is 3.28. The molecular formula is C21H24N2O3. The van der Waals surface area contributed by atoms with Gasteiger partial charge in [-0.1, -0.05) is 17.7 Å². The topological polar surface area (TPSA) is 58.6 Å². The van der Waals surface area contributed by atoms with Crippen LogP contribution in [-0.4, -0.2) is 43.0 Å². The molecule has 2 aromatic carbocycles. The molecule has 136 valence electrons. The van der Waals surface area contributed by atoms with Crippen molar-refractivity contribution in [2.24, 2.45) is 0 Å². The fourth-order valence-corrected chi connectivity index (χ4v) is 3.28. The molecule has 2 amide bonds. The molecule has 0 unspecified atom stereocenters. The maximum absolute atomic E-state index is 12.6. The molecule has 0 atom stereocenters. The lowest BCUT2D eigenvalue weighted by Crippen LogP contribution is -2.40. The minimum absolute atomic E-state index is 0.0227. The Morgan fingerprint density at radius 3 is 2.04 bits per heavy atom. The number of morpholine rings is 1. The number of hydrogen-bond donors (Lipinski definition) is 1. The molecule has 0 saturated carbocycles. The van der Waals surface area contributed by atoms with E-state index in [1.165, 1.54) is 5.56 Å². The van der Waals surface area contributed by atoms with Crippen molar-refractivity contribution in [3.8, 4) is 0 Å². The Kier molecular flexibility index (Phi) is 5.38. The Morgan fingerprint density at radius 2 is 1.46 bits per heavy atom. The molecule has 0 radical (unpaired) electrons. The molecule has 0 aromatic heterocycles. The molecule has 1 saturated heterocycles. The zero-order chi connectivity index (χ0) is 18.7. The van der Waals surface area contributed by atoms with Gasteiger partial charge in [0.25, 0.3) is 11.8 Å². The first-order valence-electron chi connectivity index (χ1n) is 8.82. The number of nitrogens with one attached hydrogen (secondary N) is 1. The third-order valence-electron chi connectivity index (χ3n) is 4.61. The van der Waals surface area contributed by atoms with Crippen molar-refractivity contribution in [3.63, 3.8) is 0 Å². The summed E-state index contributed by atoms with van der Waals surface area (Å²) in [6.45, 7) is 8.36. The molecule has 2 aromatic rings. The minimum Gasteiger partial charge on any atom is -0.378 e. The largest absolute Gasteiger partial charge is 0.378 e. The van der Waals surface area contributed by atoms with E-state index in [1.54, 1.807) is 29.2 Å². The lowest BCUT2D eigenvalue weighted by Gasteiger charge is -2.26. The number of benzene rings is 2. The van der Waals surface area contributed by atoms with Crippen LogP contribution in [0.5, 0.6) is 0 Å². The van der Waals surface area contributed by atoms with Crippen LogP contribution in [0.1, 0.15) is 37.4 Å². The molecular weight excluding hydrogens is 328 g/mol. The quantitative estimate of drug-likeness (QED) is 0.922. The van der Waals surface area contributed by atoms with E-state index in [9.17, 15) is 9.59 Å². The number of nitrogens with zero attached hydrogens (tertiary/aromatic N) is 1. The minimum atomic E-state index is -0.176. The van der Waals surface area contributed by atoms with Gasteiger partial charge in [-0.15, -0.1) is 0 Å². The Hall–Kier alpha value is -2.66. The molecule has 5 heteroatoms. The Balaban J connectivity index is 1.72. The van der Waals surface area contributed by atoms with Crippen molar-refractivity contribution < 1.29 is 14.3 Å². The number of amides is 2. The second-order valence-electron chi connectivity index (χ2n) is 6.71. The number of aryl methyl sites for hydroxylation is 3. The molecule has 0 bridgehead atoms. The van der Waals surface area contributed by atoms with Gasteiger partial charge < -0.3 is 15.0 Å². The van der Waals surface area contributed by atoms with E-state index >= 15 is 0 Å². The van der Waals surface area contributed by atoms with Crippen LogP contribution >= 0.6 is 0 Å². The SMILES string of the molecule is Cc1cc(C)c(NC(=O)c2ccc(C(=O)N3CCOCC3)cc2)c(C)c1. The van der Waals surface area contributed by atoms with E-state index in [4.69, 9.17) is 4.74 Å². The van der Waals surface area contributed by atoms with E-state index in [0.29, 0.717) is 37.4 Å². The lowest BCUT2D eigenvalue weighted by molar-refractivity contribution is 0.0303. The Labute approximate surface area is 154 Å². The van der Waals surface area contributed by atoms with Crippen LogP contribution in [0.25, 0.3) is 0 Å². The second-order valence-corrected chi connectivity index (χ2v) is 6.71. The summed E-state index contributed by atoms with van der Waals surface area (Å²) >= 11 is 0. The van der Waals surface area contributed by atoms with E-state index in [1.807, 2.05) is 32.9 Å². The molecule has 1 fully saturated rings. The van der Waals surface area contributed by atoms with Crippen molar-refractivity contribution >= 4 is 17.5 Å². The van der Waals surface area contributed by atoms with Gasteiger partial charge in [-0.05, 0) is 56.2 Å². The fraction of sp³-hybridized carbons (Fsp3) is 0.333. The summed E-state index contributed by atoms with van der Waals surface area (Å²) in [4.78, 5) is 26.8. The highest BCUT2D eigenvalue weighted by Gasteiger charge is 2.19. The molecule has 1 aliphatic heterocycles. The highest BCUT2D eigenvalue weighted by Crippen LogP contribution is 2.22. The molecule has 1 N–H and O–H groups in total. The van der Waals surface area contributed by atoms with Crippen molar-refractivity contribution in [2.45, 2.75) is 20.8 Å². The van der Waals surface area contributed by atoms with Crippen LogP contribution in [0.15, 0.2) is 36.4 Å². The molecule has 3 rings (SSSR count). The summed E-state index contributed by atoms with van der Waals surface area (Å²) in [5, 5.41) is 2.98. The molecule has 0 spiro atoms. The van der Waals surface area contributed by atoms with E-state index in [0.717, 1.165) is 16.8 Å². The first kappa shape index (κ1) is 18.1. The van der Waals surface area contributed by atoms with Crippen LogP contribution in [-0.2, 0) is 4.74 Å². The van der Waals surface area contributed by atoms with Gasteiger partial charge in [-0.25, -0.2) is 0 Å². The maximum atomic E-state index is 12.6. The highest BCUT2D eigenvalue weighted by molar-refractivity contribution is 6.05. The first-order chi connectivity index (χ1) is 12.5. The summed E-state index contributed by atoms with van der Waals surface area (Å²) in [5.41, 5.74) is 5.21. The van der Waals surface area contributed by atoms with E-state index < -0.39 is 0 Å². The maximum Gasteiger partial charge on any atom is 0.255 e. The van der Waals surface area contributed by atoms with Gasteiger partial charge in [0.1, 0.15) is 0 Å². The monoisotopic (exact) mass is 352 g/mol. The summed E-state index contributed by atoms with van der Waals surface area (Å²) < 4.78 is 5.27. The van der Waals surface area contributed by atoms with Gasteiger partial charge in [0.2, 0.25) is 0 Å². The van der Waals surface area contributed by atoms with Crippen molar-refractivity contribution in [1.82, 2.24) is 4.90 Å². The van der Waals surface area contributed by atoms with Crippen molar-refractivity contribution in [3.05, 3.63) is 64.2 Å². The number of carbonyl (C=O) groups is 2. The third-order valence-corrected chi connectivity index (χ3v) is 4.61. The molecule has 1 heterocycles. The van der Waals surface area contributed by atoms with E-state index in [-0.39, 0.29) is 11.8 Å². The van der Waals surface area contributed by atoms with Crippen LogP contribution in [0.3, 0.4) is 0 Å². The smallest absolute Gasteiger partial charge is 0.255 e. The number of carbonyl (C=O) groups excluding carboxylic acids is 2. The number of hydrogen-bond acceptors (Lipinski definition) is 3. The van der Waals surface area contributed by atoms with Crippen LogP contribution in [0.2, 0.25) is 0 Å². The lowest BCUT2D eigenvalue weighted by atomic mass is 10.0. The average Bonchev–Trinajstić information content (AvgIpc) is 2.64. The van der Waals surface area contributed by atoms with E-state index in [2.05, 4.69) is 5.32 Å². The normalized spacial score (nSPS) is 14.2. The number of ether oxygens (including phenoxy) is 1.